The maximum atomic E-state index is 12.2. The summed E-state index contributed by atoms with van der Waals surface area (Å²) in [5, 5.41) is 13.4. The first kappa shape index (κ1) is 27.4. The zero-order valence-electron chi connectivity index (χ0n) is 20.4. The van der Waals surface area contributed by atoms with Gasteiger partial charge in [-0.3, -0.25) is 4.79 Å². The third kappa shape index (κ3) is 13.6. The van der Waals surface area contributed by atoms with E-state index >= 15 is 0 Å². The van der Waals surface area contributed by atoms with Crippen LogP contribution in [0.15, 0.2) is 0 Å². The summed E-state index contributed by atoms with van der Waals surface area (Å²) in [4.78, 5) is 12.2. The zero-order valence-corrected chi connectivity index (χ0v) is 20.4. The fraction of sp³-hybridized carbons (Fsp3) is 0.962. The van der Waals surface area contributed by atoms with Crippen molar-refractivity contribution in [1.82, 2.24) is 5.32 Å². The van der Waals surface area contributed by atoms with Crippen LogP contribution < -0.4 is 5.32 Å². The van der Waals surface area contributed by atoms with Crippen LogP contribution in [-0.4, -0.2) is 35.9 Å². The first-order valence-corrected chi connectivity index (χ1v) is 13.1. The molecule has 0 aliphatic carbocycles. The van der Waals surface area contributed by atoms with E-state index in [0.717, 1.165) is 58.0 Å². The standard InChI is InChI=1S/C26H51NO3/c1-4-5-6-13-16-24(28)17-14-11-9-7-8-10-12-15-18-25(29)30-26(2,3)23-19-21-27-22-20-23/h23-24,27-28H,4-22H2,1-3H3. The first-order chi connectivity index (χ1) is 14.5. The molecule has 2 N–H and O–H groups in total. The lowest BCUT2D eigenvalue weighted by molar-refractivity contribution is -0.162. The predicted octanol–water partition coefficient (Wildman–Crippen LogP) is 6.54. The van der Waals surface area contributed by atoms with E-state index in [9.17, 15) is 9.90 Å². The molecule has 0 aromatic heterocycles. The summed E-state index contributed by atoms with van der Waals surface area (Å²) >= 11 is 0. The van der Waals surface area contributed by atoms with Crippen LogP contribution >= 0.6 is 0 Å². The molecule has 0 aromatic rings. The summed E-state index contributed by atoms with van der Waals surface area (Å²) < 4.78 is 5.82. The van der Waals surface area contributed by atoms with Crippen molar-refractivity contribution in [2.45, 2.75) is 142 Å². The van der Waals surface area contributed by atoms with Gasteiger partial charge in [-0.1, -0.05) is 77.6 Å². The van der Waals surface area contributed by atoms with Crippen molar-refractivity contribution in [2.24, 2.45) is 5.92 Å². The fourth-order valence-corrected chi connectivity index (χ4v) is 4.61. The number of hydrogen-bond acceptors (Lipinski definition) is 4. The van der Waals surface area contributed by atoms with Gasteiger partial charge in [0.1, 0.15) is 5.60 Å². The lowest BCUT2D eigenvalue weighted by atomic mass is 9.83. The summed E-state index contributed by atoms with van der Waals surface area (Å²) in [6.45, 7) is 8.44. The van der Waals surface area contributed by atoms with E-state index in [1.54, 1.807) is 0 Å². The highest BCUT2D eigenvalue weighted by molar-refractivity contribution is 5.69. The van der Waals surface area contributed by atoms with Crippen molar-refractivity contribution >= 4 is 5.97 Å². The zero-order chi connectivity index (χ0) is 22.1. The number of ether oxygens (including phenoxy) is 1. The van der Waals surface area contributed by atoms with Crippen molar-refractivity contribution < 1.29 is 14.6 Å². The highest BCUT2D eigenvalue weighted by Gasteiger charge is 2.33. The van der Waals surface area contributed by atoms with E-state index in [1.807, 2.05) is 0 Å². The molecule has 0 bridgehead atoms. The number of aliphatic hydroxyl groups is 1. The number of nitrogens with one attached hydrogen (secondary N) is 1. The van der Waals surface area contributed by atoms with Gasteiger partial charge >= 0.3 is 5.97 Å². The van der Waals surface area contributed by atoms with Gasteiger partial charge < -0.3 is 15.2 Å². The molecule has 178 valence electrons. The highest BCUT2D eigenvalue weighted by atomic mass is 16.6. The van der Waals surface area contributed by atoms with Gasteiger partial charge in [-0.25, -0.2) is 0 Å². The van der Waals surface area contributed by atoms with Crippen LogP contribution in [0, 0.1) is 5.92 Å². The Morgan fingerprint density at radius 2 is 1.40 bits per heavy atom. The van der Waals surface area contributed by atoms with Crippen LogP contribution in [-0.2, 0) is 9.53 Å². The molecule has 0 aromatic carbocycles. The molecular weight excluding hydrogens is 374 g/mol. The lowest BCUT2D eigenvalue weighted by Crippen LogP contribution is -2.42. The maximum Gasteiger partial charge on any atom is 0.306 e. The Labute approximate surface area is 186 Å². The van der Waals surface area contributed by atoms with Gasteiger partial charge in [-0.15, -0.1) is 0 Å². The molecule has 1 fully saturated rings. The van der Waals surface area contributed by atoms with Crippen LogP contribution in [0.1, 0.15) is 130 Å². The van der Waals surface area contributed by atoms with Crippen molar-refractivity contribution in [3.8, 4) is 0 Å². The number of aliphatic hydroxyl groups excluding tert-OH is 1. The Morgan fingerprint density at radius 1 is 0.900 bits per heavy atom. The van der Waals surface area contributed by atoms with Gasteiger partial charge in [0, 0.05) is 12.3 Å². The largest absolute Gasteiger partial charge is 0.459 e. The molecule has 1 aliphatic rings. The number of carbonyl (C=O) groups is 1. The molecule has 1 atom stereocenters. The van der Waals surface area contributed by atoms with Gasteiger partial charge in [0.05, 0.1) is 6.10 Å². The minimum absolute atomic E-state index is 0.0215. The van der Waals surface area contributed by atoms with Crippen LogP contribution in [0.5, 0.6) is 0 Å². The van der Waals surface area contributed by atoms with Crippen LogP contribution in [0.2, 0.25) is 0 Å². The van der Waals surface area contributed by atoms with E-state index in [2.05, 4.69) is 26.1 Å². The number of piperidine rings is 1. The molecule has 1 unspecified atom stereocenters. The third-order valence-corrected chi connectivity index (χ3v) is 6.76. The van der Waals surface area contributed by atoms with Crippen molar-refractivity contribution in [2.75, 3.05) is 13.1 Å². The number of rotatable bonds is 18. The van der Waals surface area contributed by atoms with Crippen molar-refractivity contribution in [3.63, 3.8) is 0 Å². The third-order valence-electron chi connectivity index (χ3n) is 6.76. The molecule has 0 amide bonds. The average Bonchev–Trinajstić information content (AvgIpc) is 2.73. The van der Waals surface area contributed by atoms with Gasteiger partial charge in [-0.2, -0.15) is 0 Å². The highest BCUT2D eigenvalue weighted by Crippen LogP contribution is 2.29. The molecule has 0 spiro atoms. The first-order valence-electron chi connectivity index (χ1n) is 13.1. The second-order valence-electron chi connectivity index (χ2n) is 9.97. The number of esters is 1. The second kappa shape index (κ2) is 17.0. The van der Waals surface area contributed by atoms with Crippen LogP contribution in [0.25, 0.3) is 0 Å². The van der Waals surface area contributed by atoms with Crippen molar-refractivity contribution in [1.29, 1.82) is 0 Å². The van der Waals surface area contributed by atoms with E-state index in [-0.39, 0.29) is 17.7 Å². The summed E-state index contributed by atoms with van der Waals surface area (Å²) in [6, 6.07) is 0. The minimum Gasteiger partial charge on any atom is -0.459 e. The Hall–Kier alpha value is -0.610. The predicted molar refractivity (Wildman–Crippen MR) is 127 cm³/mol. The molecule has 1 heterocycles. The minimum atomic E-state index is -0.331. The van der Waals surface area contributed by atoms with Gasteiger partial charge in [-0.05, 0) is 59.0 Å². The second-order valence-corrected chi connectivity index (χ2v) is 9.97. The molecule has 30 heavy (non-hydrogen) atoms. The summed E-state index contributed by atoms with van der Waals surface area (Å²) in [5.74, 6) is 0.455. The normalized spacial score (nSPS) is 16.5. The van der Waals surface area contributed by atoms with E-state index in [0.29, 0.717) is 12.3 Å². The Kier molecular flexibility index (Phi) is 15.5. The molecule has 1 aliphatic heterocycles. The SMILES string of the molecule is CCCCCCC(O)CCCCCCCCCCC(=O)OC(C)(C)C1CCNCC1. The molecule has 1 saturated heterocycles. The van der Waals surface area contributed by atoms with Crippen molar-refractivity contribution in [3.05, 3.63) is 0 Å². The monoisotopic (exact) mass is 425 g/mol. The quantitative estimate of drug-likeness (QED) is 0.193. The fourth-order valence-electron chi connectivity index (χ4n) is 4.61. The van der Waals surface area contributed by atoms with E-state index in [1.165, 1.54) is 57.8 Å². The van der Waals surface area contributed by atoms with Crippen LogP contribution in [0.3, 0.4) is 0 Å². The van der Waals surface area contributed by atoms with Gasteiger partial charge in [0.25, 0.3) is 0 Å². The topological polar surface area (TPSA) is 58.6 Å². The Morgan fingerprint density at radius 3 is 1.97 bits per heavy atom. The van der Waals surface area contributed by atoms with Crippen LogP contribution in [0.4, 0.5) is 0 Å². The molecule has 1 rings (SSSR count). The average molecular weight is 426 g/mol. The number of carbonyl (C=O) groups excluding carboxylic acids is 1. The summed E-state index contributed by atoms with van der Waals surface area (Å²) in [5.41, 5.74) is -0.331. The molecule has 0 radical (unpaired) electrons. The van der Waals surface area contributed by atoms with Gasteiger partial charge in [0.2, 0.25) is 0 Å². The molecule has 4 nitrogen and oxygen atoms in total. The Balaban J connectivity index is 1.90. The smallest absolute Gasteiger partial charge is 0.306 e. The molecule has 4 heteroatoms. The summed E-state index contributed by atoms with van der Waals surface area (Å²) in [7, 11) is 0. The Bertz CT molecular complexity index is 419. The maximum absolute atomic E-state index is 12.2. The molecule has 0 saturated carbocycles. The van der Waals surface area contributed by atoms with E-state index in [4.69, 9.17) is 4.74 Å². The summed E-state index contributed by atoms with van der Waals surface area (Å²) in [6.07, 6.45) is 19.1. The lowest BCUT2D eigenvalue weighted by Gasteiger charge is -2.36. The number of hydrogen-bond donors (Lipinski definition) is 2. The molecular formula is C26H51NO3. The van der Waals surface area contributed by atoms with E-state index < -0.39 is 0 Å². The van der Waals surface area contributed by atoms with Gasteiger partial charge in [0.15, 0.2) is 0 Å². The number of unbranched alkanes of at least 4 members (excludes halogenated alkanes) is 10.